The van der Waals surface area contributed by atoms with Gasteiger partial charge < -0.3 is 51.2 Å². The fourth-order valence-corrected chi connectivity index (χ4v) is 24.8. The summed E-state index contributed by atoms with van der Waals surface area (Å²) >= 11 is 57.5. The van der Waals surface area contributed by atoms with Gasteiger partial charge in [0.1, 0.15) is 31.3 Å². The standard InChI is InChI=1S/C28H29Cl2N5O3S.C24H23Cl2N5OS.C23H21Cl2N5OS.C16H24N2O2.C13H9Cl2N3OS2.ClH/c1-27(2,3)38-26(37)34-13-16-11-17(9-10-19(16)28(4,5)14-34)32-25-31-12-18-23(33-25)39-15-35(24(18)36)22-20(29)7-6-8-21(22)30;1-24(2)12-30(3)11-14-9-15(7-8-17(14)24)28-23-27-10-16-21(29-23)33-13-31(22(16)32)20-18(25)5-4-6-19(20)26;1-23(2)11-26-9-13-8-14(6-7-16(13)23)28-22-27-10-15-20(29-22)32-12-30(21(15)31)19-17(24)4-3-5-18(19)25;1-15(2,3)20-14(19)18-9-11-8-12(17)6-7-13(11)16(4,5)10-18;1-20-13-16-5-7-11(17-13)21-6-18(12(7)19)10-8(14)3-2-4-9(10)15;/h6-12H,13-15H2,1-5H3,(H,31,32,33);4-10H,11-13H2,1-3H3,(H,27,28,29);3-8,10,26H,9,11-12H2,1-2H3,(H,27,28,29);6-8H,9-10,17H2,1-5H3;2-5H,6H2,1H3;1H. The van der Waals surface area contributed by atoms with E-state index in [4.69, 9.17) is 108 Å². The molecular weight excluding hydrogens is 2140 g/mol. The van der Waals surface area contributed by atoms with Gasteiger partial charge in [-0.15, -0.1) is 12.4 Å². The van der Waals surface area contributed by atoms with Gasteiger partial charge in [-0.05, 0) is 196 Å². The Morgan fingerprint density at radius 1 is 0.404 bits per heavy atom. The number of para-hydroxylation sites is 4. The minimum atomic E-state index is -0.565. The Labute approximate surface area is 916 Å². The number of hydrogen-bond acceptors (Lipinski definition) is 27. The molecule has 6 N–H and O–H groups in total. The highest BCUT2D eigenvalue weighted by Crippen LogP contribution is 2.48. The van der Waals surface area contributed by atoms with Crippen molar-refractivity contribution in [1.82, 2.24) is 59.9 Å². The predicted octanol–water partition coefficient (Wildman–Crippen LogP) is 26.8. The summed E-state index contributed by atoms with van der Waals surface area (Å²) in [7, 11) is 2.14. The van der Waals surface area contributed by atoms with Gasteiger partial charge >= 0.3 is 12.2 Å². The van der Waals surface area contributed by atoms with Crippen LogP contribution in [0.15, 0.2) is 196 Å². The molecule has 0 radical (unpaired) electrons. The van der Waals surface area contributed by atoms with Crippen LogP contribution in [0, 0.1) is 0 Å². The van der Waals surface area contributed by atoms with Crippen LogP contribution < -0.4 is 46.6 Å². The number of likely N-dealkylation sites (N-methyl/N-ethyl adjacent to an activating group) is 1. The zero-order chi connectivity index (χ0) is 104. The summed E-state index contributed by atoms with van der Waals surface area (Å²) in [5.41, 5.74) is 21.6. The van der Waals surface area contributed by atoms with Gasteiger partial charge in [0, 0.05) is 122 Å². The Bertz CT molecular complexity index is 7030. The van der Waals surface area contributed by atoms with E-state index in [9.17, 15) is 28.8 Å². The van der Waals surface area contributed by atoms with Gasteiger partial charge in [0.05, 0.1) is 109 Å². The topological polar surface area (TPSA) is 321 Å². The number of nitrogens with one attached hydrogen (secondary N) is 4. The van der Waals surface area contributed by atoms with Crippen LogP contribution in [-0.4, -0.2) is 165 Å². The molecule has 0 aliphatic carbocycles. The fourth-order valence-electron chi connectivity index (χ4n) is 18.2. The van der Waals surface area contributed by atoms with Crippen molar-refractivity contribution in [2.45, 2.75) is 181 Å². The Morgan fingerprint density at radius 2 is 0.699 bits per heavy atom. The fraction of sp³-hybridized carbons (Fsp3) is 0.327. The third-order valence-corrected chi connectivity index (χ3v) is 31.4. The number of nitrogens with zero attached hydrogens (tertiary/aromatic N) is 15. The van der Waals surface area contributed by atoms with Crippen LogP contribution in [0.5, 0.6) is 0 Å². The molecule has 6 amide bonds. The number of hydrogen-bond donors (Lipinski definition) is 5. The summed E-state index contributed by atoms with van der Waals surface area (Å²) in [5.74, 6) is 1.87. The minimum absolute atomic E-state index is 0. The molecule has 0 saturated heterocycles. The molecule has 764 valence electrons. The number of nitrogen functional groups attached to an aromatic ring is 1. The van der Waals surface area contributed by atoms with Crippen LogP contribution in [-0.2, 0) is 57.3 Å². The van der Waals surface area contributed by atoms with Crippen molar-refractivity contribution < 1.29 is 38.2 Å². The molecular formula is C104H107Cl9N20O8S5. The van der Waals surface area contributed by atoms with Crippen LogP contribution in [0.3, 0.4) is 0 Å². The van der Waals surface area contributed by atoms with Gasteiger partial charge in [-0.25, -0.2) is 49.5 Å². The van der Waals surface area contributed by atoms with Crippen molar-refractivity contribution in [2.75, 3.05) is 104 Å². The number of benzene rings is 8. The second-order valence-electron chi connectivity index (χ2n) is 40.0. The largest absolute Gasteiger partial charge is 0.444 e. The highest BCUT2D eigenvalue weighted by Gasteiger charge is 2.42. The number of carbonyl (C=O) groups is 6. The molecule has 0 spiro atoms. The van der Waals surface area contributed by atoms with Crippen molar-refractivity contribution in [1.29, 1.82) is 0 Å². The molecule has 4 aromatic heterocycles. The Hall–Kier alpha value is -10.0. The number of rotatable bonds is 11. The molecule has 20 rings (SSSR count). The lowest BCUT2D eigenvalue weighted by Crippen LogP contribution is -2.46. The van der Waals surface area contributed by atoms with E-state index in [0.717, 1.165) is 60.1 Å². The smallest absolute Gasteiger partial charge is 0.410 e. The van der Waals surface area contributed by atoms with Crippen molar-refractivity contribution in [3.63, 3.8) is 0 Å². The molecule has 0 fully saturated rings. The summed E-state index contributed by atoms with van der Waals surface area (Å²) in [6, 6.07) is 45.5. The Kier molecular flexibility index (Phi) is 34.0. The molecule has 42 heteroatoms. The maximum atomic E-state index is 13.2. The van der Waals surface area contributed by atoms with Crippen LogP contribution in [0.25, 0.3) is 0 Å². The molecule has 0 unspecified atom stereocenters. The number of ether oxygens (including phenoxy) is 2. The molecule has 0 bridgehead atoms. The third-order valence-electron chi connectivity index (χ3n) is 24.5. The van der Waals surface area contributed by atoms with Crippen molar-refractivity contribution in [2.24, 2.45) is 0 Å². The van der Waals surface area contributed by atoms with Gasteiger partial charge in [-0.2, -0.15) is 0 Å². The van der Waals surface area contributed by atoms with Gasteiger partial charge in [0.2, 0.25) is 17.8 Å². The molecule has 0 saturated carbocycles. The van der Waals surface area contributed by atoms with E-state index >= 15 is 0 Å². The van der Waals surface area contributed by atoms with Crippen molar-refractivity contribution in [3.05, 3.63) is 277 Å². The third kappa shape index (κ3) is 25.0. The SMILES string of the molecule is CC(C)(C)OC(=O)N1Cc2cc(N)ccc2C(C)(C)C1.CC(C)(C)OC(=O)N1Cc2cc(Nc3ncc4c(n3)SCN(c3c(Cl)cccc3Cl)C4=O)ccc2C(C)(C)C1.CC1(C)CNCc2cc(Nc3ncc4c(n3)SCN(c3c(Cl)cccc3Cl)C4=O)ccc21.CN1Cc2cc(Nc3ncc4c(n3)SCN(c3c(Cl)cccc3Cl)C4=O)ccc2C(C)(C)C1.CSc1ncc2c(n1)SCN(c1c(Cl)cccc1Cl)C2=O.Cl. The average Bonchev–Trinajstić information content (AvgIpc) is 0.776. The van der Waals surface area contributed by atoms with Crippen LogP contribution in [0.2, 0.25) is 40.2 Å². The molecule has 146 heavy (non-hydrogen) atoms. The van der Waals surface area contributed by atoms with Crippen LogP contribution >= 0.6 is 164 Å². The quantitative estimate of drug-likeness (QED) is 0.0348. The summed E-state index contributed by atoms with van der Waals surface area (Å²) in [5, 5.41) is 19.9. The highest BCUT2D eigenvalue weighted by molar-refractivity contribution is 8.00. The van der Waals surface area contributed by atoms with Gasteiger partial charge in [0.25, 0.3) is 23.6 Å². The van der Waals surface area contributed by atoms with E-state index in [2.05, 4.69) is 171 Å². The number of thioether (sulfide) groups is 5. The zero-order valence-corrected chi connectivity index (χ0v) is 93.6. The normalized spacial score (nSPS) is 16.5. The summed E-state index contributed by atoms with van der Waals surface area (Å²) in [6.45, 7) is 34.7. The van der Waals surface area contributed by atoms with E-state index in [1.54, 1.807) is 116 Å². The lowest BCUT2D eigenvalue weighted by molar-refractivity contribution is 0.0165. The molecule has 12 heterocycles. The van der Waals surface area contributed by atoms with Crippen molar-refractivity contribution in [3.8, 4) is 0 Å². The van der Waals surface area contributed by atoms with Crippen molar-refractivity contribution >= 4 is 263 Å². The molecule has 28 nitrogen and oxygen atoms in total. The lowest BCUT2D eigenvalue weighted by atomic mass is 9.78. The maximum absolute atomic E-state index is 13.2. The first kappa shape index (κ1) is 110. The number of anilines is 11. The molecule has 8 aliphatic heterocycles. The van der Waals surface area contributed by atoms with E-state index < -0.39 is 11.2 Å². The predicted molar refractivity (Wildman–Crippen MR) is 597 cm³/mol. The number of fused-ring (bicyclic) bond motifs is 8. The van der Waals surface area contributed by atoms with Gasteiger partial charge in [-0.3, -0.25) is 38.8 Å². The second-order valence-corrected chi connectivity index (χ2v) is 47.8. The first-order valence-electron chi connectivity index (χ1n) is 46.1. The monoisotopic (exact) mass is 2240 g/mol. The lowest BCUT2D eigenvalue weighted by Gasteiger charge is -2.40. The first-order chi connectivity index (χ1) is 68.6. The highest BCUT2D eigenvalue weighted by atomic mass is 35.5. The Balaban J connectivity index is 0.000000140. The first-order valence-corrected chi connectivity index (χ1v) is 54.3. The zero-order valence-electron chi connectivity index (χ0n) is 82.7. The Morgan fingerprint density at radius 3 is 1.03 bits per heavy atom. The van der Waals surface area contributed by atoms with E-state index in [1.807, 2.05) is 78.1 Å². The molecule has 8 aliphatic rings. The van der Waals surface area contributed by atoms with Gasteiger partial charge in [-0.1, -0.05) is 256 Å². The van der Waals surface area contributed by atoms with Gasteiger partial charge in [0.15, 0.2) is 5.16 Å². The minimum Gasteiger partial charge on any atom is -0.444 e. The summed E-state index contributed by atoms with van der Waals surface area (Å²) in [6.07, 6.45) is 7.49. The van der Waals surface area contributed by atoms with Crippen LogP contribution in [0.1, 0.15) is 183 Å². The molecule has 0 atom stereocenters. The molecule has 8 aromatic carbocycles. The number of nitrogens with two attached hydrogens (primary N) is 1. The average molecular weight is 2240 g/mol. The van der Waals surface area contributed by atoms with E-state index in [-0.39, 0.29) is 69.9 Å². The number of aromatic nitrogens is 8. The summed E-state index contributed by atoms with van der Waals surface area (Å²) in [4.78, 5) is 125. The number of halogens is 9. The maximum Gasteiger partial charge on any atom is 0.410 e. The number of carbonyl (C=O) groups excluding carboxylic acids is 6. The van der Waals surface area contributed by atoms with Crippen LogP contribution in [0.4, 0.5) is 72.9 Å². The summed E-state index contributed by atoms with van der Waals surface area (Å²) < 4.78 is 11.1. The number of amides is 6. The molecule has 12 aromatic rings. The second kappa shape index (κ2) is 45.0. The van der Waals surface area contributed by atoms with E-state index in [1.165, 1.54) is 103 Å². The van der Waals surface area contributed by atoms with E-state index in [0.29, 0.717) is 178 Å².